The summed E-state index contributed by atoms with van der Waals surface area (Å²) >= 11 is 0. The third-order valence-electron chi connectivity index (χ3n) is 6.44. The van der Waals surface area contributed by atoms with E-state index < -0.39 is 0 Å². The highest BCUT2D eigenvalue weighted by molar-refractivity contribution is 5.80. The zero-order chi connectivity index (χ0) is 20.8. The normalized spacial score (nSPS) is 19.3. The molecule has 1 atom stereocenters. The largest absolute Gasteiger partial charge is 0.332 e. The highest BCUT2D eigenvalue weighted by atomic mass is 16.2. The molecular weight excluding hydrogens is 374 g/mol. The van der Waals surface area contributed by atoms with Crippen molar-refractivity contribution in [2.24, 2.45) is 5.92 Å². The molecule has 1 saturated heterocycles. The first-order valence-electron chi connectivity index (χ1n) is 10.8. The summed E-state index contributed by atoms with van der Waals surface area (Å²) in [5, 5.41) is 4.99. The molecule has 4 heterocycles. The Morgan fingerprint density at radius 2 is 1.93 bits per heavy atom. The van der Waals surface area contributed by atoms with Gasteiger partial charge < -0.3 is 14.4 Å². The number of amides is 1. The number of hydrogen-bond donors (Lipinski definition) is 0. The van der Waals surface area contributed by atoms with Gasteiger partial charge >= 0.3 is 0 Å². The molecule has 6 heteroatoms. The van der Waals surface area contributed by atoms with Crippen LogP contribution in [0.2, 0.25) is 0 Å². The van der Waals surface area contributed by atoms with Crippen molar-refractivity contribution in [3.05, 3.63) is 65.1 Å². The molecule has 156 valence electrons. The number of hydrogen-bond acceptors (Lipinski definition) is 3. The number of likely N-dealkylation sites (tertiary alicyclic amines) is 1. The molecule has 6 nitrogen and oxygen atoms in total. The van der Waals surface area contributed by atoms with E-state index in [0.29, 0.717) is 13.1 Å². The SMILES string of the molecule is Cc1ccc(-n2nc3c(c2-n2cccc2)CN(C(=O)C2CCCN(C)C2)C3)c(C)c1. The van der Waals surface area contributed by atoms with E-state index in [0.717, 1.165) is 48.7 Å². The van der Waals surface area contributed by atoms with Crippen molar-refractivity contribution >= 4 is 5.91 Å². The zero-order valence-electron chi connectivity index (χ0n) is 18.0. The van der Waals surface area contributed by atoms with Gasteiger partial charge in [-0.3, -0.25) is 4.79 Å². The number of aromatic nitrogens is 3. The Morgan fingerprint density at radius 1 is 1.13 bits per heavy atom. The smallest absolute Gasteiger partial charge is 0.227 e. The van der Waals surface area contributed by atoms with Gasteiger partial charge in [0, 0.05) is 24.5 Å². The third-order valence-corrected chi connectivity index (χ3v) is 6.44. The minimum atomic E-state index is 0.106. The predicted molar refractivity (Wildman–Crippen MR) is 117 cm³/mol. The van der Waals surface area contributed by atoms with Gasteiger partial charge in [-0.05, 0) is 64.0 Å². The fourth-order valence-corrected chi connectivity index (χ4v) is 4.94. The van der Waals surface area contributed by atoms with Crippen LogP contribution in [0.4, 0.5) is 0 Å². The summed E-state index contributed by atoms with van der Waals surface area (Å²) in [5.41, 5.74) is 5.70. The van der Waals surface area contributed by atoms with Gasteiger partial charge in [0.15, 0.2) is 0 Å². The van der Waals surface area contributed by atoms with Crippen LogP contribution in [0.25, 0.3) is 11.5 Å². The van der Waals surface area contributed by atoms with Crippen LogP contribution in [0, 0.1) is 19.8 Å². The molecule has 5 rings (SSSR count). The van der Waals surface area contributed by atoms with Gasteiger partial charge in [0.2, 0.25) is 5.91 Å². The van der Waals surface area contributed by atoms with Crippen molar-refractivity contribution in [1.82, 2.24) is 24.1 Å². The van der Waals surface area contributed by atoms with Crippen LogP contribution >= 0.6 is 0 Å². The summed E-state index contributed by atoms with van der Waals surface area (Å²) in [4.78, 5) is 17.5. The number of rotatable bonds is 3. The van der Waals surface area contributed by atoms with Crippen LogP contribution in [0.15, 0.2) is 42.7 Å². The highest BCUT2D eigenvalue weighted by Crippen LogP contribution is 2.33. The second kappa shape index (κ2) is 7.43. The van der Waals surface area contributed by atoms with Crippen molar-refractivity contribution < 1.29 is 4.79 Å². The molecule has 0 saturated carbocycles. The fourth-order valence-electron chi connectivity index (χ4n) is 4.94. The summed E-state index contributed by atoms with van der Waals surface area (Å²) in [7, 11) is 2.11. The average molecular weight is 404 g/mol. The van der Waals surface area contributed by atoms with E-state index in [4.69, 9.17) is 5.10 Å². The quantitative estimate of drug-likeness (QED) is 0.673. The lowest BCUT2D eigenvalue weighted by molar-refractivity contribution is -0.137. The van der Waals surface area contributed by atoms with E-state index in [-0.39, 0.29) is 11.8 Å². The number of carbonyl (C=O) groups is 1. The molecule has 2 aliphatic rings. The average Bonchev–Trinajstić information content (AvgIpc) is 3.43. The van der Waals surface area contributed by atoms with E-state index in [2.05, 4.69) is 65.6 Å². The maximum atomic E-state index is 13.2. The van der Waals surface area contributed by atoms with Gasteiger partial charge in [0.25, 0.3) is 0 Å². The van der Waals surface area contributed by atoms with Crippen LogP contribution in [-0.2, 0) is 17.9 Å². The van der Waals surface area contributed by atoms with Gasteiger partial charge in [0.1, 0.15) is 5.82 Å². The van der Waals surface area contributed by atoms with Crippen LogP contribution in [-0.4, -0.2) is 50.2 Å². The molecule has 0 aliphatic carbocycles. The molecule has 1 amide bonds. The van der Waals surface area contributed by atoms with Gasteiger partial charge in [-0.2, -0.15) is 5.10 Å². The Bertz CT molecular complexity index is 1080. The highest BCUT2D eigenvalue weighted by Gasteiger charge is 2.35. The molecule has 0 bridgehead atoms. The molecule has 3 aromatic rings. The molecule has 0 N–H and O–H groups in total. The number of benzene rings is 1. The van der Waals surface area contributed by atoms with E-state index in [1.807, 2.05) is 17.0 Å². The number of carbonyl (C=O) groups excluding carboxylic acids is 1. The maximum absolute atomic E-state index is 13.2. The van der Waals surface area contributed by atoms with Crippen LogP contribution in [0.3, 0.4) is 0 Å². The van der Waals surface area contributed by atoms with Crippen LogP contribution in [0.5, 0.6) is 0 Å². The van der Waals surface area contributed by atoms with Crippen molar-refractivity contribution in [3.8, 4) is 11.5 Å². The second-order valence-electron chi connectivity index (χ2n) is 8.84. The van der Waals surface area contributed by atoms with Crippen molar-refractivity contribution in [2.75, 3.05) is 20.1 Å². The van der Waals surface area contributed by atoms with Gasteiger partial charge in [-0.25, -0.2) is 4.68 Å². The number of aryl methyl sites for hydroxylation is 2. The van der Waals surface area contributed by atoms with Crippen molar-refractivity contribution in [3.63, 3.8) is 0 Å². The first-order chi connectivity index (χ1) is 14.5. The van der Waals surface area contributed by atoms with Crippen molar-refractivity contribution in [1.29, 1.82) is 0 Å². The molecule has 0 spiro atoms. The molecule has 1 aromatic carbocycles. The predicted octanol–water partition coefficient (Wildman–Crippen LogP) is 3.46. The standard InChI is InChI=1S/C24H29N5O/c1-17-8-9-22(18(2)13-17)29-23(27-11-4-5-12-27)20-15-28(16-21(20)25-29)24(30)19-7-6-10-26(3)14-19/h4-5,8-9,11-13,19H,6-7,10,14-16H2,1-3H3. The molecule has 0 radical (unpaired) electrons. The summed E-state index contributed by atoms with van der Waals surface area (Å²) in [6.07, 6.45) is 6.19. The van der Waals surface area contributed by atoms with E-state index in [1.54, 1.807) is 0 Å². The molecular formula is C24H29N5O. The van der Waals surface area contributed by atoms with Gasteiger partial charge in [-0.15, -0.1) is 0 Å². The number of fused-ring (bicyclic) bond motifs is 1. The van der Waals surface area contributed by atoms with E-state index >= 15 is 0 Å². The molecule has 2 aliphatic heterocycles. The topological polar surface area (TPSA) is 46.3 Å². The monoisotopic (exact) mass is 403 g/mol. The van der Waals surface area contributed by atoms with E-state index in [9.17, 15) is 4.79 Å². The Labute approximate surface area is 177 Å². The lowest BCUT2D eigenvalue weighted by Crippen LogP contribution is -2.41. The summed E-state index contributed by atoms with van der Waals surface area (Å²) < 4.78 is 4.17. The number of nitrogens with zero attached hydrogens (tertiary/aromatic N) is 5. The first kappa shape index (κ1) is 19.1. The van der Waals surface area contributed by atoms with Gasteiger partial charge in [-0.1, -0.05) is 17.7 Å². The minimum absolute atomic E-state index is 0.106. The molecule has 1 unspecified atom stereocenters. The Kier molecular flexibility index (Phi) is 4.74. The molecule has 30 heavy (non-hydrogen) atoms. The minimum Gasteiger partial charge on any atom is -0.332 e. The lowest BCUT2D eigenvalue weighted by atomic mass is 9.97. The fraction of sp³-hybridized carbons (Fsp3) is 0.417. The third kappa shape index (κ3) is 3.25. The second-order valence-corrected chi connectivity index (χ2v) is 8.84. The summed E-state index contributed by atoms with van der Waals surface area (Å²) in [6.45, 7) is 7.42. The van der Waals surface area contributed by atoms with Crippen LogP contribution < -0.4 is 0 Å². The lowest BCUT2D eigenvalue weighted by Gasteiger charge is -2.31. The van der Waals surface area contributed by atoms with E-state index in [1.165, 1.54) is 11.1 Å². The van der Waals surface area contributed by atoms with Crippen LogP contribution in [0.1, 0.15) is 35.2 Å². The molecule has 2 aromatic heterocycles. The Hall–Kier alpha value is -2.86. The Morgan fingerprint density at radius 3 is 2.67 bits per heavy atom. The van der Waals surface area contributed by atoms with Crippen molar-refractivity contribution in [2.45, 2.75) is 39.8 Å². The Balaban J connectivity index is 1.50. The summed E-state index contributed by atoms with van der Waals surface area (Å²) in [6, 6.07) is 10.5. The first-order valence-corrected chi connectivity index (χ1v) is 10.8. The summed E-state index contributed by atoms with van der Waals surface area (Å²) in [5.74, 6) is 1.42. The zero-order valence-corrected chi connectivity index (χ0v) is 18.0. The maximum Gasteiger partial charge on any atom is 0.227 e. The van der Waals surface area contributed by atoms with Gasteiger partial charge in [0.05, 0.1) is 30.4 Å². The molecule has 1 fully saturated rings. The number of piperidine rings is 1.